The van der Waals surface area contributed by atoms with Gasteiger partial charge in [0.2, 0.25) is 0 Å². The molecule has 6 heteroatoms. The smallest absolute Gasteiger partial charge is 0.273 e. The van der Waals surface area contributed by atoms with E-state index in [0.29, 0.717) is 5.69 Å². The van der Waals surface area contributed by atoms with Crippen LogP contribution in [0.2, 0.25) is 0 Å². The zero-order valence-corrected chi connectivity index (χ0v) is 17.9. The quantitative estimate of drug-likeness (QED) is 0.610. The zero-order valence-electron chi connectivity index (χ0n) is 16.3. The minimum atomic E-state index is -0.346. The van der Waals surface area contributed by atoms with Crippen molar-refractivity contribution in [3.05, 3.63) is 69.8 Å². The third-order valence-corrected chi connectivity index (χ3v) is 5.51. The number of ether oxygens (including phenoxy) is 1. The fourth-order valence-corrected chi connectivity index (χ4v) is 4.22. The number of aromatic nitrogens is 2. The number of nitrogens with zero attached hydrogens (tertiary/aromatic N) is 2. The van der Waals surface area contributed by atoms with Gasteiger partial charge in [-0.1, -0.05) is 28.1 Å². The van der Waals surface area contributed by atoms with Gasteiger partial charge in [0, 0.05) is 21.1 Å². The number of amides is 1. The SMILES string of the molecule is COc1ccc(-c2n[nH]c3c2C(c2cccc(Br)c2)N(C(C)(C)C)C3=O)cc1. The maximum atomic E-state index is 13.3. The van der Waals surface area contributed by atoms with Gasteiger partial charge in [-0.15, -0.1) is 0 Å². The van der Waals surface area contributed by atoms with E-state index in [1.165, 1.54) is 0 Å². The normalized spacial score (nSPS) is 16.4. The Morgan fingerprint density at radius 1 is 1.14 bits per heavy atom. The van der Waals surface area contributed by atoms with Crippen molar-refractivity contribution in [2.75, 3.05) is 7.11 Å². The number of hydrogen-bond acceptors (Lipinski definition) is 3. The highest BCUT2D eigenvalue weighted by atomic mass is 79.9. The van der Waals surface area contributed by atoms with Crippen molar-refractivity contribution < 1.29 is 9.53 Å². The highest BCUT2D eigenvalue weighted by Crippen LogP contribution is 2.46. The van der Waals surface area contributed by atoms with E-state index in [0.717, 1.165) is 32.6 Å². The first-order valence-electron chi connectivity index (χ1n) is 9.13. The Morgan fingerprint density at radius 3 is 2.46 bits per heavy atom. The number of H-pyrrole nitrogens is 1. The summed E-state index contributed by atoms with van der Waals surface area (Å²) in [5.41, 5.74) is 3.92. The summed E-state index contributed by atoms with van der Waals surface area (Å²) < 4.78 is 6.25. The molecule has 1 aliphatic rings. The summed E-state index contributed by atoms with van der Waals surface area (Å²) >= 11 is 3.56. The second-order valence-electron chi connectivity index (χ2n) is 7.89. The largest absolute Gasteiger partial charge is 0.497 e. The van der Waals surface area contributed by atoms with Crippen molar-refractivity contribution in [2.24, 2.45) is 0 Å². The van der Waals surface area contributed by atoms with Crippen LogP contribution < -0.4 is 4.74 Å². The summed E-state index contributed by atoms with van der Waals surface area (Å²) in [5.74, 6) is 0.756. The lowest BCUT2D eigenvalue weighted by Gasteiger charge is -2.37. The molecule has 144 valence electrons. The molecule has 2 aromatic carbocycles. The highest BCUT2D eigenvalue weighted by Gasteiger charge is 2.46. The number of carbonyl (C=O) groups is 1. The molecule has 0 saturated heterocycles. The molecule has 1 unspecified atom stereocenters. The van der Waals surface area contributed by atoms with Gasteiger partial charge in [0.15, 0.2) is 0 Å². The van der Waals surface area contributed by atoms with Crippen molar-refractivity contribution in [1.82, 2.24) is 15.1 Å². The minimum Gasteiger partial charge on any atom is -0.497 e. The minimum absolute atomic E-state index is 0.0280. The second-order valence-corrected chi connectivity index (χ2v) is 8.81. The van der Waals surface area contributed by atoms with Crippen LogP contribution in [0.1, 0.15) is 48.4 Å². The van der Waals surface area contributed by atoms with E-state index >= 15 is 0 Å². The van der Waals surface area contributed by atoms with Gasteiger partial charge in [0.25, 0.3) is 5.91 Å². The number of aromatic amines is 1. The summed E-state index contributed by atoms with van der Waals surface area (Å²) in [6, 6.07) is 15.6. The van der Waals surface area contributed by atoms with Crippen LogP contribution in [0.4, 0.5) is 0 Å². The fourth-order valence-electron chi connectivity index (χ4n) is 3.80. The average molecular weight is 440 g/mol. The van der Waals surface area contributed by atoms with E-state index in [-0.39, 0.29) is 17.5 Å². The molecule has 1 atom stereocenters. The van der Waals surface area contributed by atoms with Crippen molar-refractivity contribution in [1.29, 1.82) is 0 Å². The monoisotopic (exact) mass is 439 g/mol. The van der Waals surface area contributed by atoms with E-state index in [1.54, 1.807) is 7.11 Å². The third-order valence-electron chi connectivity index (χ3n) is 5.02. The Kier molecular flexibility index (Phi) is 4.54. The molecule has 0 aliphatic carbocycles. The summed E-state index contributed by atoms with van der Waals surface area (Å²) in [4.78, 5) is 15.2. The molecule has 3 aromatic rings. The summed E-state index contributed by atoms with van der Waals surface area (Å²) in [7, 11) is 1.64. The Labute approximate surface area is 172 Å². The number of methoxy groups -OCH3 is 1. The molecule has 0 spiro atoms. The first-order valence-corrected chi connectivity index (χ1v) is 9.92. The molecule has 0 radical (unpaired) electrons. The van der Waals surface area contributed by atoms with Crippen molar-refractivity contribution >= 4 is 21.8 Å². The van der Waals surface area contributed by atoms with Crippen molar-refractivity contribution in [3.63, 3.8) is 0 Å². The number of hydrogen-bond donors (Lipinski definition) is 1. The number of nitrogens with one attached hydrogen (secondary N) is 1. The van der Waals surface area contributed by atoms with Gasteiger partial charge in [-0.25, -0.2) is 0 Å². The molecule has 5 nitrogen and oxygen atoms in total. The zero-order chi connectivity index (χ0) is 20.1. The highest BCUT2D eigenvalue weighted by molar-refractivity contribution is 9.10. The topological polar surface area (TPSA) is 58.2 Å². The van der Waals surface area contributed by atoms with E-state index in [2.05, 4.69) is 59.0 Å². The van der Waals surface area contributed by atoms with Crippen LogP contribution in [0.15, 0.2) is 53.0 Å². The molecule has 1 amide bonds. The number of carbonyl (C=O) groups excluding carboxylic acids is 1. The Balaban J connectivity index is 1.91. The van der Waals surface area contributed by atoms with Gasteiger partial charge < -0.3 is 9.64 Å². The number of rotatable bonds is 3. The molecule has 4 rings (SSSR count). The van der Waals surface area contributed by atoms with Gasteiger partial charge in [0.1, 0.15) is 11.4 Å². The second kappa shape index (κ2) is 6.78. The van der Waals surface area contributed by atoms with Crippen LogP contribution >= 0.6 is 15.9 Å². The molecule has 1 aliphatic heterocycles. The lowest BCUT2D eigenvalue weighted by atomic mass is 9.93. The molecule has 0 bridgehead atoms. The Hall–Kier alpha value is -2.60. The van der Waals surface area contributed by atoms with E-state index in [4.69, 9.17) is 4.74 Å². The van der Waals surface area contributed by atoms with Crippen molar-refractivity contribution in [2.45, 2.75) is 32.4 Å². The van der Waals surface area contributed by atoms with E-state index in [1.807, 2.05) is 41.3 Å². The summed E-state index contributed by atoms with van der Waals surface area (Å²) in [6.45, 7) is 6.17. The molecular weight excluding hydrogens is 418 g/mol. The molecule has 1 N–H and O–H groups in total. The van der Waals surface area contributed by atoms with Crippen molar-refractivity contribution in [3.8, 4) is 17.0 Å². The van der Waals surface area contributed by atoms with Gasteiger partial charge >= 0.3 is 0 Å². The van der Waals surface area contributed by atoms with Gasteiger partial charge in [-0.3, -0.25) is 9.89 Å². The van der Waals surface area contributed by atoms with Gasteiger partial charge in [0.05, 0.1) is 18.8 Å². The lowest BCUT2D eigenvalue weighted by molar-refractivity contribution is 0.0546. The molecular formula is C22H22BrN3O2. The molecule has 1 aromatic heterocycles. The molecule has 2 heterocycles. The number of benzene rings is 2. The van der Waals surface area contributed by atoms with Crippen LogP contribution in [0.25, 0.3) is 11.3 Å². The number of fused-ring (bicyclic) bond motifs is 1. The predicted molar refractivity (Wildman–Crippen MR) is 112 cm³/mol. The Morgan fingerprint density at radius 2 is 1.86 bits per heavy atom. The standard InChI is InChI=1S/C22H22BrN3O2/c1-22(2,3)26-20(14-6-5-7-15(23)12-14)17-18(24-25-19(17)21(26)27)13-8-10-16(28-4)11-9-13/h5-12,20H,1-4H3,(H,24,25). The molecule has 0 fully saturated rings. The maximum Gasteiger partial charge on any atom is 0.273 e. The van der Waals surface area contributed by atoms with Crippen LogP contribution in [0, 0.1) is 0 Å². The fraction of sp³-hybridized carbons (Fsp3) is 0.273. The predicted octanol–water partition coefficient (Wildman–Crippen LogP) is 5.19. The van der Waals surface area contributed by atoms with Crippen LogP contribution in [0.3, 0.4) is 0 Å². The Bertz CT molecular complexity index is 1030. The van der Waals surface area contributed by atoms with Crippen LogP contribution in [-0.2, 0) is 0 Å². The van der Waals surface area contributed by atoms with Crippen LogP contribution in [0.5, 0.6) is 5.75 Å². The van der Waals surface area contributed by atoms with Gasteiger partial charge in [-0.2, -0.15) is 5.10 Å². The summed E-state index contributed by atoms with van der Waals surface area (Å²) in [6.07, 6.45) is 0. The third kappa shape index (κ3) is 3.02. The number of halogens is 1. The lowest BCUT2D eigenvalue weighted by Crippen LogP contribution is -2.44. The van der Waals surface area contributed by atoms with Gasteiger partial charge in [-0.05, 0) is 62.7 Å². The average Bonchev–Trinajstić information content (AvgIpc) is 3.20. The maximum absolute atomic E-state index is 13.3. The molecule has 0 saturated carbocycles. The van der Waals surface area contributed by atoms with E-state index < -0.39 is 0 Å². The van der Waals surface area contributed by atoms with Crippen LogP contribution in [-0.4, -0.2) is 33.7 Å². The first kappa shape index (κ1) is 18.7. The molecule has 28 heavy (non-hydrogen) atoms. The van der Waals surface area contributed by atoms with E-state index in [9.17, 15) is 4.79 Å². The summed E-state index contributed by atoms with van der Waals surface area (Å²) in [5, 5.41) is 7.50. The first-order chi connectivity index (χ1) is 13.3.